The summed E-state index contributed by atoms with van der Waals surface area (Å²) in [6.45, 7) is 2.96. The number of carbonyl (C=O) groups excluding carboxylic acids is 2. The van der Waals surface area contributed by atoms with Gasteiger partial charge in [0.15, 0.2) is 5.12 Å². The maximum atomic E-state index is 11.4. The molecule has 4 nitrogen and oxygen atoms in total. The first-order chi connectivity index (χ1) is 8.18. The van der Waals surface area contributed by atoms with Gasteiger partial charge in [0.2, 0.25) is 5.91 Å². The van der Waals surface area contributed by atoms with Gasteiger partial charge in [-0.15, -0.1) is 12.6 Å². The van der Waals surface area contributed by atoms with Crippen LogP contribution in [0.25, 0.3) is 0 Å². The molecule has 0 bridgehead atoms. The molecule has 0 spiro atoms. The van der Waals surface area contributed by atoms with Crippen molar-refractivity contribution in [3.05, 3.63) is 0 Å². The zero-order chi connectivity index (χ0) is 12.5. The van der Waals surface area contributed by atoms with Crippen LogP contribution in [0.4, 0.5) is 0 Å². The Labute approximate surface area is 108 Å². The minimum atomic E-state index is -0.146. The third kappa shape index (κ3) is 7.39. The lowest BCUT2D eigenvalue weighted by Gasteiger charge is -2.22. The average Bonchev–Trinajstić information content (AvgIpc) is 2.30. The molecule has 0 aromatic heterocycles. The van der Waals surface area contributed by atoms with Gasteiger partial charge in [0.1, 0.15) is 0 Å². The lowest BCUT2D eigenvalue weighted by Crippen LogP contribution is -2.31. The minimum absolute atomic E-state index is 0.0496. The second-order valence-electron chi connectivity index (χ2n) is 4.58. The largest absolute Gasteiger partial charge is 0.356 e. The minimum Gasteiger partial charge on any atom is -0.356 e. The Bertz CT molecular complexity index is 253. The molecular weight excluding hydrogens is 236 g/mol. The summed E-state index contributed by atoms with van der Waals surface area (Å²) in [5, 5.41) is 6.09. The molecule has 0 unspecified atom stereocenters. The summed E-state index contributed by atoms with van der Waals surface area (Å²) in [6.07, 6.45) is 4.90. The molecule has 1 amide bonds. The molecule has 1 rings (SSSR count). The Morgan fingerprint density at radius 2 is 1.94 bits per heavy atom. The van der Waals surface area contributed by atoms with Crippen molar-refractivity contribution in [3.63, 3.8) is 0 Å². The molecule has 0 aliphatic carbocycles. The monoisotopic (exact) mass is 258 g/mol. The molecule has 5 heteroatoms. The van der Waals surface area contributed by atoms with Gasteiger partial charge in [-0.05, 0) is 44.7 Å². The van der Waals surface area contributed by atoms with E-state index in [1.165, 1.54) is 12.8 Å². The highest BCUT2D eigenvalue weighted by molar-refractivity contribution is 7.96. The molecule has 17 heavy (non-hydrogen) atoms. The number of nitrogens with one attached hydrogen (secondary N) is 2. The van der Waals surface area contributed by atoms with Crippen LogP contribution in [0.5, 0.6) is 0 Å². The summed E-state index contributed by atoms with van der Waals surface area (Å²) in [5.74, 6) is 0.795. The van der Waals surface area contributed by atoms with Crippen molar-refractivity contribution in [3.8, 4) is 0 Å². The molecule has 1 heterocycles. The highest BCUT2D eigenvalue weighted by Gasteiger charge is 2.12. The van der Waals surface area contributed by atoms with Crippen molar-refractivity contribution in [2.24, 2.45) is 5.92 Å². The lowest BCUT2D eigenvalue weighted by atomic mass is 9.95. The fourth-order valence-electron chi connectivity index (χ4n) is 2.07. The maximum Gasteiger partial charge on any atom is 0.220 e. The van der Waals surface area contributed by atoms with Crippen LogP contribution in [-0.4, -0.2) is 30.7 Å². The van der Waals surface area contributed by atoms with E-state index in [4.69, 9.17) is 0 Å². The van der Waals surface area contributed by atoms with Gasteiger partial charge in [-0.3, -0.25) is 9.59 Å². The number of rotatable bonds is 7. The number of piperidine rings is 1. The van der Waals surface area contributed by atoms with Gasteiger partial charge in [-0.1, -0.05) is 0 Å². The van der Waals surface area contributed by atoms with Crippen LogP contribution in [0.1, 0.15) is 38.5 Å². The Balaban J connectivity index is 1.97. The van der Waals surface area contributed by atoms with Crippen molar-refractivity contribution >= 4 is 23.7 Å². The zero-order valence-electron chi connectivity index (χ0n) is 10.2. The van der Waals surface area contributed by atoms with E-state index in [1.54, 1.807) is 0 Å². The van der Waals surface area contributed by atoms with Crippen molar-refractivity contribution in [2.75, 3.05) is 19.6 Å². The van der Waals surface area contributed by atoms with E-state index >= 15 is 0 Å². The van der Waals surface area contributed by atoms with Crippen LogP contribution in [0.3, 0.4) is 0 Å². The Hall–Kier alpha value is -0.550. The third-order valence-corrected chi connectivity index (χ3v) is 3.35. The first kappa shape index (κ1) is 14.5. The van der Waals surface area contributed by atoms with E-state index < -0.39 is 0 Å². The number of hydrogen-bond donors (Lipinski definition) is 3. The third-order valence-electron chi connectivity index (χ3n) is 3.13. The lowest BCUT2D eigenvalue weighted by molar-refractivity contribution is -0.121. The van der Waals surface area contributed by atoms with Crippen LogP contribution in [0.15, 0.2) is 0 Å². The molecule has 1 saturated heterocycles. The number of amides is 1. The Morgan fingerprint density at radius 3 is 2.59 bits per heavy atom. The molecule has 98 valence electrons. The Morgan fingerprint density at radius 1 is 1.24 bits per heavy atom. The molecule has 0 saturated carbocycles. The van der Waals surface area contributed by atoms with Gasteiger partial charge in [-0.2, -0.15) is 0 Å². The van der Waals surface area contributed by atoms with E-state index in [0.29, 0.717) is 19.3 Å². The van der Waals surface area contributed by atoms with E-state index in [0.717, 1.165) is 32.0 Å². The first-order valence-corrected chi connectivity index (χ1v) is 6.82. The van der Waals surface area contributed by atoms with Crippen LogP contribution < -0.4 is 10.6 Å². The van der Waals surface area contributed by atoms with Gasteiger partial charge in [-0.25, -0.2) is 0 Å². The Kier molecular flexibility index (Phi) is 7.28. The van der Waals surface area contributed by atoms with Crippen LogP contribution in [0.2, 0.25) is 0 Å². The highest BCUT2D eigenvalue weighted by atomic mass is 32.1. The highest BCUT2D eigenvalue weighted by Crippen LogP contribution is 2.14. The second kappa shape index (κ2) is 8.53. The topological polar surface area (TPSA) is 58.2 Å². The van der Waals surface area contributed by atoms with Gasteiger partial charge < -0.3 is 10.6 Å². The van der Waals surface area contributed by atoms with Crippen LogP contribution in [-0.2, 0) is 9.59 Å². The summed E-state index contributed by atoms with van der Waals surface area (Å²) in [6, 6.07) is 0. The summed E-state index contributed by atoms with van der Waals surface area (Å²) in [7, 11) is 0. The van der Waals surface area contributed by atoms with Gasteiger partial charge >= 0.3 is 0 Å². The normalized spacial score (nSPS) is 16.8. The molecule has 0 aromatic rings. The fraction of sp³-hybridized carbons (Fsp3) is 0.833. The molecule has 0 radical (unpaired) electrons. The first-order valence-electron chi connectivity index (χ1n) is 6.37. The summed E-state index contributed by atoms with van der Waals surface area (Å²) >= 11 is 3.66. The standard InChI is InChI=1S/C12H22N2O2S/c15-11(2-1-3-12(16)17)14-9-6-10-4-7-13-8-5-10/h10,13H,1-9H2,(H,14,15)(H,16,17). The summed E-state index contributed by atoms with van der Waals surface area (Å²) in [5.41, 5.74) is 0. The average molecular weight is 258 g/mol. The zero-order valence-corrected chi connectivity index (χ0v) is 11.1. The quantitative estimate of drug-likeness (QED) is 0.600. The molecule has 1 aliphatic rings. The SMILES string of the molecule is O=C(S)CCCC(=O)NCCC1CCNCC1. The molecular formula is C12H22N2O2S. The maximum absolute atomic E-state index is 11.4. The van der Waals surface area contributed by atoms with E-state index in [1.807, 2.05) is 0 Å². The second-order valence-corrected chi connectivity index (χ2v) is 5.08. The number of thiol groups is 1. The van der Waals surface area contributed by atoms with Gasteiger partial charge in [0, 0.05) is 19.4 Å². The number of hydrogen-bond acceptors (Lipinski definition) is 3. The molecule has 0 aromatic carbocycles. The smallest absolute Gasteiger partial charge is 0.220 e. The van der Waals surface area contributed by atoms with Crippen molar-refractivity contribution < 1.29 is 9.59 Å². The summed E-state index contributed by atoms with van der Waals surface area (Å²) < 4.78 is 0. The molecule has 0 atom stereocenters. The van der Waals surface area contributed by atoms with E-state index in [2.05, 4.69) is 23.3 Å². The fourth-order valence-corrected chi connectivity index (χ4v) is 2.23. The van der Waals surface area contributed by atoms with Crippen LogP contribution >= 0.6 is 12.6 Å². The predicted molar refractivity (Wildman–Crippen MR) is 71.1 cm³/mol. The molecule has 1 aliphatic heterocycles. The molecule has 2 N–H and O–H groups in total. The number of carbonyl (C=O) groups is 2. The van der Waals surface area contributed by atoms with Crippen LogP contribution in [0, 0.1) is 5.92 Å². The summed E-state index contributed by atoms with van der Waals surface area (Å²) in [4.78, 5) is 22.0. The predicted octanol–water partition coefficient (Wildman–Crippen LogP) is 1.12. The van der Waals surface area contributed by atoms with Crippen molar-refractivity contribution in [1.29, 1.82) is 0 Å². The van der Waals surface area contributed by atoms with Gasteiger partial charge in [0.05, 0.1) is 0 Å². The van der Waals surface area contributed by atoms with Crippen molar-refractivity contribution in [1.82, 2.24) is 10.6 Å². The van der Waals surface area contributed by atoms with E-state index in [-0.39, 0.29) is 11.0 Å². The van der Waals surface area contributed by atoms with Gasteiger partial charge in [0.25, 0.3) is 0 Å². The molecule has 1 fully saturated rings. The van der Waals surface area contributed by atoms with E-state index in [9.17, 15) is 9.59 Å². The van der Waals surface area contributed by atoms with Crippen molar-refractivity contribution in [2.45, 2.75) is 38.5 Å².